The summed E-state index contributed by atoms with van der Waals surface area (Å²) < 4.78 is 0. The number of carbonyl (C=O) groups excluding carboxylic acids is 1. The average molecular weight is 412 g/mol. The highest BCUT2D eigenvalue weighted by Gasteiger charge is 2.26. The fraction of sp³-hybridized carbons (Fsp3) is 0.350. The molecule has 0 saturated carbocycles. The molecule has 2 aromatic carbocycles. The number of carbonyl (C=O) groups is 1. The zero-order valence-corrected chi connectivity index (χ0v) is 16.6. The van der Waals surface area contributed by atoms with Gasteiger partial charge in [0.1, 0.15) is 0 Å². The molecule has 1 N–H and O–H groups in total. The summed E-state index contributed by atoms with van der Waals surface area (Å²) in [5, 5.41) is 5.05. The standard InChI is InChI=1S/C20H21Cl3N2O/c21-17-6-3-14(4-7-17)11-24-20(26)16-2-1-9-25(13-16)12-15-5-8-18(22)10-19(15)23/h3-8,10,16H,1-2,9,11-13H2,(H,24,26). The van der Waals surface area contributed by atoms with Crippen molar-refractivity contribution < 1.29 is 4.79 Å². The van der Waals surface area contributed by atoms with Crippen LogP contribution in [0.25, 0.3) is 0 Å². The molecule has 1 fully saturated rings. The van der Waals surface area contributed by atoms with Crippen LogP contribution in [-0.4, -0.2) is 23.9 Å². The van der Waals surface area contributed by atoms with Crippen molar-refractivity contribution in [2.75, 3.05) is 13.1 Å². The molecule has 1 heterocycles. The van der Waals surface area contributed by atoms with Gasteiger partial charge in [0.25, 0.3) is 0 Å². The van der Waals surface area contributed by atoms with Crippen LogP contribution in [0.4, 0.5) is 0 Å². The lowest BCUT2D eigenvalue weighted by Gasteiger charge is -2.32. The van der Waals surface area contributed by atoms with E-state index in [0.717, 1.165) is 43.6 Å². The van der Waals surface area contributed by atoms with Crippen molar-refractivity contribution >= 4 is 40.7 Å². The molecule has 1 amide bonds. The average Bonchev–Trinajstić information content (AvgIpc) is 2.63. The first-order valence-corrected chi connectivity index (χ1v) is 9.83. The monoisotopic (exact) mass is 410 g/mol. The van der Waals surface area contributed by atoms with Gasteiger partial charge in [-0.15, -0.1) is 0 Å². The summed E-state index contributed by atoms with van der Waals surface area (Å²) in [5.74, 6) is 0.106. The van der Waals surface area contributed by atoms with Crippen LogP contribution in [0.2, 0.25) is 15.1 Å². The van der Waals surface area contributed by atoms with Gasteiger partial charge >= 0.3 is 0 Å². The van der Waals surface area contributed by atoms with E-state index < -0.39 is 0 Å². The predicted octanol–water partition coefficient (Wildman–Crippen LogP) is 5.18. The highest BCUT2D eigenvalue weighted by molar-refractivity contribution is 6.35. The number of nitrogens with zero attached hydrogens (tertiary/aromatic N) is 1. The van der Waals surface area contributed by atoms with Crippen LogP contribution in [-0.2, 0) is 17.9 Å². The Balaban J connectivity index is 1.53. The number of halogens is 3. The maximum absolute atomic E-state index is 12.5. The van der Waals surface area contributed by atoms with E-state index in [1.807, 2.05) is 36.4 Å². The van der Waals surface area contributed by atoms with Gasteiger partial charge in [-0.3, -0.25) is 9.69 Å². The van der Waals surface area contributed by atoms with E-state index in [4.69, 9.17) is 34.8 Å². The number of nitrogens with one attached hydrogen (secondary N) is 1. The van der Waals surface area contributed by atoms with Gasteiger partial charge in [-0.05, 0) is 54.8 Å². The summed E-state index contributed by atoms with van der Waals surface area (Å²) in [6, 6.07) is 13.1. The van der Waals surface area contributed by atoms with Crippen LogP contribution in [0, 0.1) is 5.92 Å². The fourth-order valence-corrected chi connectivity index (χ4v) is 3.83. The number of likely N-dealkylation sites (tertiary alicyclic amines) is 1. The highest BCUT2D eigenvalue weighted by atomic mass is 35.5. The first kappa shape index (κ1) is 19.5. The number of piperidine rings is 1. The Morgan fingerprint density at radius 1 is 1.08 bits per heavy atom. The summed E-state index contributed by atoms with van der Waals surface area (Å²) in [5.41, 5.74) is 2.08. The van der Waals surface area contributed by atoms with E-state index in [1.54, 1.807) is 6.07 Å². The predicted molar refractivity (Wildman–Crippen MR) is 108 cm³/mol. The Labute approximate surface area is 169 Å². The summed E-state index contributed by atoms with van der Waals surface area (Å²) in [6.07, 6.45) is 1.92. The number of hydrogen-bond acceptors (Lipinski definition) is 2. The van der Waals surface area contributed by atoms with E-state index >= 15 is 0 Å². The summed E-state index contributed by atoms with van der Waals surface area (Å²) in [7, 11) is 0. The third-order valence-corrected chi connectivity index (χ3v) is 5.50. The van der Waals surface area contributed by atoms with Gasteiger partial charge in [0.05, 0.1) is 5.92 Å². The molecule has 1 aliphatic rings. The highest BCUT2D eigenvalue weighted by Crippen LogP contribution is 2.25. The Bertz CT molecular complexity index is 764. The van der Waals surface area contributed by atoms with Gasteiger partial charge in [0, 0.05) is 34.7 Å². The molecule has 0 spiro atoms. The second kappa shape index (κ2) is 9.09. The third-order valence-electron chi connectivity index (χ3n) is 4.67. The molecule has 2 aromatic rings. The smallest absolute Gasteiger partial charge is 0.224 e. The van der Waals surface area contributed by atoms with Gasteiger partial charge in [-0.2, -0.15) is 0 Å². The molecule has 138 valence electrons. The molecular weight excluding hydrogens is 391 g/mol. The molecule has 1 unspecified atom stereocenters. The normalized spacial score (nSPS) is 17.9. The first-order valence-electron chi connectivity index (χ1n) is 8.69. The van der Waals surface area contributed by atoms with Crippen molar-refractivity contribution in [2.45, 2.75) is 25.9 Å². The van der Waals surface area contributed by atoms with Crippen LogP contribution in [0.1, 0.15) is 24.0 Å². The minimum Gasteiger partial charge on any atom is -0.352 e. The van der Waals surface area contributed by atoms with Crippen LogP contribution < -0.4 is 5.32 Å². The fourth-order valence-electron chi connectivity index (χ4n) is 3.24. The van der Waals surface area contributed by atoms with Crippen LogP contribution in [0.5, 0.6) is 0 Å². The lowest BCUT2D eigenvalue weighted by molar-refractivity contribution is -0.126. The first-order chi connectivity index (χ1) is 12.5. The number of amides is 1. The van der Waals surface area contributed by atoms with E-state index in [2.05, 4.69) is 10.2 Å². The minimum absolute atomic E-state index is 0.00197. The van der Waals surface area contributed by atoms with Crippen molar-refractivity contribution in [3.05, 3.63) is 68.7 Å². The van der Waals surface area contributed by atoms with Crippen molar-refractivity contribution in [2.24, 2.45) is 5.92 Å². The van der Waals surface area contributed by atoms with Gasteiger partial charge in [-0.1, -0.05) is 53.0 Å². The van der Waals surface area contributed by atoms with Crippen molar-refractivity contribution in [1.82, 2.24) is 10.2 Å². The maximum atomic E-state index is 12.5. The van der Waals surface area contributed by atoms with Crippen LogP contribution in [0.15, 0.2) is 42.5 Å². The maximum Gasteiger partial charge on any atom is 0.224 e. The van der Waals surface area contributed by atoms with E-state index in [0.29, 0.717) is 21.6 Å². The molecule has 0 bridgehead atoms. The molecule has 3 rings (SSSR count). The molecule has 6 heteroatoms. The molecule has 0 radical (unpaired) electrons. The van der Waals surface area contributed by atoms with Crippen molar-refractivity contribution in [1.29, 1.82) is 0 Å². The third kappa shape index (κ3) is 5.37. The van der Waals surface area contributed by atoms with Crippen molar-refractivity contribution in [3.8, 4) is 0 Å². The summed E-state index contributed by atoms with van der Waals surface area (Å²) in [6.45, 7) is 2.97. The number of rotatable bonds is 5. The Kier molecular flexibility index (Phi) is 6.82. The van der Waals surface area contributed by atoms with E-state index in [1.165, 1.54) is 0 Å². The van der Waals surface area contributed by atoms with Gasteiger partial charge < -0.3 is 5.32 Å². The van der Waals surface area contributed by atoms with Gasteiger partial charge in [-0.25, -0.2) is 0 Å². The molecule has 1 saturated heterocycles. The SMILES string of the molecule is O=C(NCc1ccc(Cl)cc1)C1CCCN(Cc2ccc(Cl)cc2Cl)C1. The van der Waals surface area contributed by atoms with E-state index in [-0.39, 0.29) is 11.8 Å². The lowest BCUT2D eigenvalue weighted by Crippen LogP contribution is -2.42. The second-order valence-corrected chi connectivity index (χ2v) is 7.93. The molecule has 0 aliphatic carbocycles. The lowest BCUT2D eigenvalue weighted by atomic mass is 9.96. The zero-order valence-electron chi connectivity index (χ0n) is 14.4. The van der Waals surface area contributed by atoms with E-state index in [9.17, 15) is 4.79 Å². The largest absolute Gasteiger partial charge is 0.352 e. The van der Waals surface area contributed by atoms with Gasteiger partial charge in [0.15, 0.2) is 0 Å². The Hall–Kier alpha value is -1.26. The molecule has 3 nitrogen and oxygen atoms in total. The van der Waals surface area contributed by atoms with Gasteiger partial charge in [0.2, 0.25) is 5.91 Å². The molecule has 0 aromatic heterocycles. The zero-order chi connectivity index (χ0) is 18.5. The molecule has 1 aliphatic heterocycles. The van der Waals surface area contributed by atoms with Crippen molar-refractivity contribution in [3.63, 3.8) is 0 Å². The van der Waals surface area contributed by atoms with Crippen LogP contribution in [0.3, 0.4) is 0 Å². The minimum atomic E-state index is 0.00197. The Morgan fingerprint density at radius 3 is 2.54 bits per heavy atom. The molecular formula is C20H21Cl3N2O. The summed E-state index contributed by atoms with van der Waals surface area (Å²) >= 11 is 18.1. The summed E-state index contributed by atoms with van der Waals surface area (Å²) in [4.78, 5) is 14.8. The molecule has 1 atom stereocenters. The molecule has 26 heavy (non-hydrogen) atoms. The second-order valence-electron chi connectivity index (χ2n) is 6.65. The number of benzene rings is 2. The Morgan fingerprint density at radius 2 is 1.81 bits per heavy atom. The quantitative estimate of drug-likeness (QED) is 0.735. The topological polar surface area (TPSA) is 32.3 Å². The van der Waals surface area contributed by atoms with Crippen LogP contribution >= 0.6 is 34.8 Å². The number of hydrogen-bond donors (Lipinski definition) is 1.